The molecule has 2 aliphatic heterocycles. The predicted molar refractivity (Wildman–Crippen MR) is 123 cm³/mol. The summed E-state index contributed by atoms with van der Waals surface area (Å²) in [7, 11) is 0. The van der Waals surface area contributed by atoms with Crippen molar-refractivity contribution in [2.24, 2.45) is 0 Å². The first-order valence-electron chi connectivity index (χ1n) is 10.6. The molecule has 1 atom stereocenters. The molecule has 2 saturated heterocycles. The number of nitrogens with zero attached hydrogens (tertiary/aromatic N) is 2. The van der Waals surface area contributed by atoms with Crippen LogP contribution in [0.4, 0.5) is 0 Å². The van der Waals surface area contributed by atoms with Gasteiger partial charge in [0.05, 0.1) is 12.5 Å². The van der Waals surface area contributed by atoms with Crippen LogP contribution in [0.15, 0.2) is 46.7 Å². The summed E-state index contributed by atoms with van der Waals surface area (Å²) < 4.78 is 0. The van der Waals surface area contributed by atoms with E-state index in [-0.39, 0.29) is 24.3 Å². The Morgan fingerprint density at radius 2 is 1.93 bits per heavy atom. The van der Waals surface area contributed by atoms with Crippen molar-refractivity contribution in [3.8, 4) is 0 Å². The minimum Gasteiger partial charge on any atom is -0.353 e. The SMILES string of the molecule is Cc1ccc(SC2CCN(C(=O)C[C@@H]3C(=O)NCCN3Cc3cccs3)CC2)cc1. The lowest BCUT2D eigenvalue weighted by molar-refractivity contribution is -0.139. The van der Waals surface area contributed by atoms with Crippen molar-refractivity contribution in [3.05, 3.63) is 52.2 Å². The van der Waals surface area contributed by atoms with Crippen LogP contribution >= 0.6 is 23.1 Å². The Balaban J connectivity index is 1.29. The lowest BCUT2D eigenvalue weighted by Gasteiger charge is -2.37. The number of amides is 2. The summed E-state index contributed by atoms with van der Waals surface area (Å²) in [5.74, 6) is 0.0861. The summed E-state index contributed by atoms with van der Waals surface area (Å²) in [5.41, 5.74) is 1.28. The number of hydrogen-bond acceptors (Lipinski definition) is 5. The Kier molecular flexibility index (Phi) is 7.12. The van der Waals surface area contributed by atoms with Gasteiger partial charge >= 0.3 is 0 Å². The molecule has 0 saturated carbocycles. The van der Waals surface area contributed by atoms with E-state index in [1.165, 1.54) is 15.3 Å². The fraction of sp³-hybridized carbons (Fsp3) is 0.478. The van der Waals surface area contributed by atoms with Gasteiger partial charge < -0.3 is 10.2 Å². The third-order valence-electron chi connectivity index (χ3n) is 5.87. The van der Waals surface area contributed by atoms with Gasteiger partial charge in [-0.1, -0.05) is 23.8 Å². The van der Waals surface area contributed by atoms with Gasteiger partial charge in [0.1, 0.15) is 0 Å². The number of rotatable bonds is 6. The van der Waals surface area contributed by atoms with Gasteiger partial charge in [-0.15, -0.1) is 23.1 Å². The summed E-state index contributed by atoms with van der Waals surface area (Å²) >= 11 is 3.61. The highest BCUT2D eigenvalue weighted by atomic mass is 32.2. The average Bonchev–Trinajstić information content (AvgIpc) is 3.26. The minimum atomic E-state index is -0.368. The Morgan fingerprint density at radius 3 is 2.63 bits per heavy atom. The number of carbonyl (C=O) groups excluding carboxylic acids is 2. The number of aryl methyl sites for hydroxylation is 1. The highest BCUT2D eigenvalue weighted by molar-refractivity contribution is 8.00. The zero-order chi connectivity index (χ0) is 20.9. The quantitative estimate of drug-likeness (QED) is 0.742. The van der Waals surface area contributed by atoms with E-state index in [1.54, 1.807) is 11.3 Å². The Bertz CT molecular complexity index is 846. The van der Waals surface area contributed by atoms with Gasteiger partial charge in [0.15, 0.2) is 0 Å². The van der Waals surface area contributed by atoms with E-state index in [1.807, 2.05) is 22.7 Å². The molecule has 0 aliphatic carbocycles. The van der Waals surface area contributed by atoms with E-state index in [9.17, 15) is 9.59 Å². The van der Waals surface area contributed by atoms with Crippen molar-refractivity contribution in [1.29, 1.82) is 0 Å². The second-order valence-corrected chi connectivity index (χ2v) is 10.5. The van der Waals surface area contributed by atoms with Gasteiger partial charge in [0.25, 0.3) is 0 Å². The topological polar surface area (TPSA) is 52.7 Å². The molecular weight excluding hydrogens is 414 g/mol. The zero-order valence-corrected chi connectivity index (χ0v) is 19.0. The summed E-state index contributed by atoms with van der Waals surface area (Å²) in [4.78, 5) is 32.1. The summed E-state index contributed by atoms with van der Waals surface area (Å²) in [6, 6.07) is 12.4. The number of thioether (sulfide) groups is 1. The molecule has 30 heavy (non-hydrogen) atoms. The lowest BCUT2D eigenvalue weighted by Crippen LogP contribution is -2.56. The number of likely N-dealkylation sites (tertiary alicyclic amines) is 1. The van der Waals surface area contributed by atoms with Crippen LogP contribution in [0.2, 0.25) is 0 Å². The molecule has 1 aromatic carbocycles. The van der Waals surface area contributed by atoms with Crippen LogP contribution in [-0.2, 0) is 16.1 Å². The van der Waals surface area contributed by atoms with Crippen molar-refractivity contribution < 1.29 is 9.59 Å². The molecule has 4 rings (SSSR count). The van der Waals surface area contributed by atoms with Crippen molar-refractivity contribution in [2.75, 3.05) is 26.2 Å². The van der Waals surface area contributed by atoms with Gasteiger partial charge in [-0.2, -0.15) is 0 Å². The fourth-order valence-corrected chi connectivity index (χ4v) is 5.96. The number of carbonyl (C=O) groups is 2. The highest BCUT2D eigenvalue weighted by Crippen LogP contribution is 2.31. The van der Waals surface area contributed by atoms with Crippen LogP contribution in [0.5, 0.6) is 0 Å². The number of piperazine rings is 1. The van der Waals surface area contributed by atoms with E-state index in [4.69, 9.17) is 0 Å². The van der Waals surface area contributed by atoms with E-state index in [0.29, 0.717) is 11.8 Å². The van der Waals surface area contributed by atoms with E-state index in [0.717, 1.165) is 39.0 Å². The predicted octanol–water partition coefficient (Wildman–Crippen LogP) is 3.53. The van der Waals surface area contributed by atoms with Crippen LogP contribution < -0.4 is 5.32 Å². The molecule has 1 N–H and O–H groups in total. The minimum absolute atomic E-state index is 0.0176. The molecule has 2 amide bonds. The molecule has 3 heterocycles. The second-order valence-electron chi connectivity index (χ2n) is 8.07. The van der Waals surface area contributed by atoms with E-state index in [2.05, 4.69) is 52.9 Å². The molecule has 2 aromatic rings. The van der Waals surface area contributed by atoms with E-state index >= 15 is 0 Å². The molecule has 2 fully saturated rings. The Labute approximate surface area is 186 Å². The zero-order valence-electron chi connectivity index (χ0n) is 17.4. The molecule has 0 radical (unpaired) electrons. The van der Waals surface area contributed by atoms with Crippen LogP contribution in [0.25, 0.3) is 0 Å². The van der Waals surface area contributed by atoms with Crippen molar-refractivity contribution >= 4 is 34.9 Å². The molecule has 5 nitrogen and oxygen atoms in total. The number of nitrogens with one attached hydrogen (secondary N) is 1. The molecule has 2 aliphatic rings. The Hall–Kier alpha value is -1.83. The van der Waals surface area contributed by atoms with Crippen molar-refractivity contribution in [3.63, 3.8) is 0 Å². The number of hydrogen-bond donors (Lipinski definition) is 1. The molecule has 160 valence electrons. The number of benzene rings is 1. The standard InChI is InChI=1S/C23H29N3O2S2/c1-17-4-6-18(7-5-17)30-19-8-11-25(12-9-19)22(27)15-21-23(28)24-10-13-26(21)16-20-3-2-14-29-20/h2-7,14,19,21H,8-13,15-16H2,1H3,(H,24,28)/t21-/m1/s1. The largest absolute Gasteiger partial charge is 0.353 e. The van der Waals surface area contributed by atoms with Crippen LogP contribution in [0, 0.1) is 6.92 Å². The molecule has 1 aromatic heterocycles. The van der Waals surface area contributed by atoms with Crippen LogP contribution in [0.3, 0.4) is 0 Å². The first kappa shape index (κ1) is 21.4. The lowest BCUT2D eigenvalue weighted by atomic mass is 10.1. The van der Waals surface area contributed by atoms with Gasteiger partial charge in [0.2, 0.25) is 11.8 Å². The summed E-state index contributed by atoms with van der Waals surface area (Å²) in [5, 5.41) is 5.54. The van der Waals surface area contributed by atoms with Crippen LogP contribution in [0.1, 0.15) is 29.7 Å². The molecule has 0 spiro atoms. The monoisotopic (exact) mass is 443 g/mol. The highest BCUT2D eigenvalue weighted by Gasteiger charge is 2.34. The maximum atomic E-state index is 13.0. The van der Waals surface area contributed by atoms with Crippen molar-refractivity contribution in [2.45, 2.75) is 48.9 Å². The maximum Gasteiger partial charge on any atom is 0.237 e. The average molecular weight is 444 g/mol. The summed E-state index contributed by atoms with van der Waals surface area (Å²) in [6.45, 7) is 5.83. The number of thiophene rings is 1. The normalized spacial score (nSPS) is 20.9. The smallest absolute Gasteiger partial charge is 0.237 e. The second kappa shape index (κ2) is 9.98. The first-order chi connectivity index (χ1) is 14.6. The third kappa shape index (κ3) is 5.45. The Morgan fingerprint density at radius 1 is 1.17 bits per heavy atom. The van der Waals surface area contributed by atoms with Crippen LogP contribution in [-0.4, -0.2) is 59.1 Å². The molecule has 0 unspecified atom stereocenters. The van der Waals surface area contributed by atoms with Crippen molar-refractivity contribution in [1.82, 2.24) is 15.1 Å². The van der Waals surface area contributed by atoms with Gasteiger partial charge in [-0.3, -0.25) is 14.5 Å². The maximum absolute atomic E-state index is 13.0. The first-order valence-corrected chi connectivity index (χ1v) is 12.4. The molecule has 0 bridgehead atoms. The summed E-state index contributed by atoms with van der Waals surface area (Å²) in [6.07, 6.45) is 2.27. The van der Waals surface area contributed by atoms with E-state index < -0.39 is 0 Å². The molecular formula is C23H29N3O2S2. The fourth-order valence-electron chi connectivity index (χ4n) is 4.10. The molecule has 7 heteroatoms. The van der Waals surface area contributed by atoms with Gasteiger partial charge in [-0.05, 0) is 43.3 Å². The third-order valence-corrected chi connectivity index (χ3v) is 8.08. The van der Waals surface area contributed by atoms with Gasteiger partial charge in [0, 0.05) is 47.7 Å². The van der Waals surface area contributed by atoms with Gasteiger partial charge in [-0.25, -0.2) is 0 Å². The number of piperidine rings is 1.